The molecule has 2 heterocycles. The van der Waals surface area contributed by atoms with Gasteiger partial charge in [0.2, 0.25) is 0 Å². The van der Waals surface area contributed by atoms with Gasteiger partial charge in [-0.2, -0.15) is 0 Å². The number of Topliss-reactive ketones (excluding diaryl/α,β-unsaturated/α-hetero) is 1. The molecule has 0 radical (unpaired) electrons. The van der Waals surface area contributed by atoms with E-state index < -0.39 is 17.7 Å². The molecule has 1 N–H and O–H groups in total. The second-order valence-corrected chi connectivity index (χ2v) is 7.84. The van der Waals surface area contributed by atoms with E-state index in [9.17, 15) is 14.7 Å². The van der Waals surface area contributed by atoms with Crippen LogP contribution in [0.3, 0.4) is 0 Å². The molecular weight excluding hydrogens is 360 g/mol. The SMILES string of the molecule is CCc1ccc(/C(O)=C2/C(=O)C(=O)N(CCN(C)C)C2c2cccs2)cc1. The topological polar surface area (TPSA) is 60.9 Å². The molecule has 2 aromatic rings. The van der Waals surface area contributed by atoms with Gasteiger partial charge in [0, 0.05) is 23.5 Å². The van der Waals surface area contributed by atoms with Gasteiger partial charge in [0.05, 0.1) is 11.6 Å². The smallest absolute Gasteiger partial charge is 0.295 e. The van der Waals surface area contributed by atoms with Gasteiger partial charge in [-0.3, -0.25) is 9.59 Å². The Morgan fingerprint density at radius 3 is 2.44 bits per heavy atom. The van der Waals surface area contributed by atoms with Crippen molar-refractivity contribution in [3.63, 3.8) is 0 Å². The molecule has 27 heavy (non-hydrogen) atoms. The van der Waals surface area contributed by atoms with Crippen LogP contribution in [0.2, 0.25) is 0 Å². The van der Waals surface area contributed by atoms with Crippen LogP contribution in [0.5, 0.6) is 0 Å². The maximum Gasteiger partial charge on any atom is 0.295 e. The molecule has 6 heteroatoms. The number of aliphatic hydroxyl groups is 1. The van der Waals surface area contributed by atoms with Gasteiger partial charge in [-0.15, -0.1) is 11.3 Å². The minimum atomic E-state index is -0.621. The van der Waals surface area contributed by atoms with Gasteiger partial charge < -0.3 is 14.9 Å². The van der Waals surface area contributed by atoms with Crippen molar-refractivity contribution < 1.29 is 14.7 Å². The first-order valence-electron chi connectivity index (χ1n) is 9.00. The molecule has 1 amide bonds. The number of hydrogen-bond donors (Lipinski definition) is 1. The average molecular weight is 385 g/mol. The molecule has 1 aromatic carbocycles. The molecule has 1 aromatic heterocycles. The van der Waals surface area contributed by atoms with Crippen molar-refractivity contribution in [1.82, 2.24) is 9.80 Å². The maximum absolute atomic E-state index is 12.8. The second kappa shape index (κ2) is 8.06. The molecule has 1 fully saturated rings. The molecule has 142 valence electrons. The van der Waals surface area contributed by atoms with Crippen LogP contribution in [-0.2, 0) is 16.0 Å². The molecule has 1 unspecified atom stereocenters. The quantitative estimate of drug-likeness (QED) is 0.472. The number of amides is 1. The normalized spacial score (nSPS) is 19.3. The summed E-state index contributed by atoms with van der Waals surface area (Å²) >= 11 is 1.48. The minimum Gasteiger partial charge on any atom is -0.507 e. The number of aryl methyl sites for hydroxylation is 1. The summed E-state index contributed by atoms with van der Waals surface area (Å²) in [5.41, 5.74) is 1.87. The summed E-state index contributed by atoms with van der Waals surface area (Å²) in [7, 11) is 3.85. The van der Waals surface area contributed by atoms with E-state index in [1.165, 1.54) is 11.3 Å². The molecule has 1 aliphatic heterocycles. The van der Waals surface area contributed by atoms with E-state index in [1.54, 1.807) is 17.0 Å². The summed E-state index contributed by atoms with van der Waals surface area (Å²) in [6.45, 7) is 3.12. The van der Waals surface area contributed by atoms with E-state index in [4.69, 9.17) is 0 Å². The van der Waals surface area contributed by atoms with Crippen molar-refractivity contribution >= 4 is 28.8 Å². The highest BCUT2D eigenvalue weighted by atomic mass is 32.1. The Bertz CT molecular complexity index is 854. The second-order valence-electron chi connectivity index (χ2n) is 6.86. The molecule has 1 aliphatic rings. The van der Waals surface area contributed by atoms with E-state index in [0.29, 0.717) is 18.7 Å². The van der Waals surface area contributed by atoms with Crippen LogP contribution in [0.15, 0.2) is 47.4 Å². The third-order valence-corrected chi connectivity index (χ3v) is 5.70. The predicted molar refractivity (Wildman–Crippen MR) is 108 cm³/mol. The number of benzene rings is 1. The fourth-order valence-electron chi connectivity index (χ4n) is 3.21. The van der Waals surface area contributed by atoms with E-state index in [0.717, 1.165) is 16.9 Å². The summed E-state index contributed by atoms with van der Waals surface area (Å²) in [6.07, 6.45) is 0.894. The lowest BCUT2D eigenvalue weighted by Gasteiger charge is -2.25. The maximum atomic E-state index is 12.8. The molecule has 1 atom stereocenters. The number of nitrogens with zero attached hydrogens (tertiary/aromatic N) is 2. The van der Waals surface area contributed by atoms with E-state index in [1.807, 2.05) is 48.6 Å². The number of carbonyl (C=O) groups is 2. The van der Waals surface area contributed by atoms with Crippen LogP contribution in [-0.4, -0.2) is 53.8 Å². The number of thiophene rings is 1. The number of aliphatic hydroxyl groups excluding tert-OH is 1. The highest BCUT2D eigenvalue weighted by molar-refractivity contribution is 7.10. The summed E-state index contributed by atoms with van der Waals surface area (Å²) in [5, 5.41) is 12.8. The zero-order valence-corrected chi connectivity index (χ0v) is 16.6. The van der Waals surface area contributed by atoms with E-state index in [-0.39, 0.29) is 11.3 Å². The summed E-state index contributed by atoms with van der Waals surface area (Å²) in [5.74, 6) is -1.28. The van der Waals surface area contributed by atoms with Gasteiger partial charge in [-0.05, 0) is 37.5 Å². The summed E-state index contributed by atoms with van der Waals surface area (Å²) < 4.78 is 0. The fraction of sp³-hybridized carbons (Fsp3) is 0.333. The van der Waals surface area contributed by atoms with Gasteiger partial charge in [-0.1, -0.05) is 37.3 Å². The Labute approximate surface area is 163 Å². The molecule has 0 aliphatic carbocycles. The Kier molecular flexibility index (Phi) is 5.77. The monoisotopic (exact) mass is 384 g/mol. The first-order chi connectivity index (χ1) is 12.9. The Hall–Kier alpha value is -2.44. The van der Waals surface area contributed by atoms with Crippen molar-refractivity contribution in [3.05, 3.63) is 63.4 Å². The van der Waals surface area contributed by atoms with Crippen molar-refractivity contribution in [2.45, 2.75) is 19.4 Å². The van der Waals surface area contributed by atoms with Gasteiger partial charge >= 0.3 is 0 Å². The number of hydrogen-bond acceptors (Lipinski definition) is 5. The number of likely N-dealkylation sites (N-methyl/N-ethyl adjacent to an activating group) is 1. The number of carbonyl (C=O) groups excluding carboxylic acids is 2. The molecule has 3 rings (SSSR count). The van der Waals surface area contributed by atoms with Crippen LogP contribution < -0.4 is 0 Å². The third kappa shape index (κ3) is 3.82. The molecule has 0 spiro atoms. The third-order valence-electron chi connectivity index (χ3n) is 4.78. The van der Waals surface area contributed by atoms with E-state index >= 15 is 0 Å². The van der Waals surface area contributed by atoms with Crippen molar-refractivity contribution in [3.8, 4) is 0 Å². The number of rotatable bonds is 6. The largest absolute Gasteiger partial charge is 0.507 e. The molecular formula is C21H24N2O3S. The molecule has 1 saturated heterocycles. The van der Waals surface area contributed by atoms with E-state index in [2.05, 4.69) is 6.92 Å². The van der Waals surface area contributed by atoms with Gasteiger partial charge in [0.1, 0.15) is 5.76 Å². The summed E-state index contributed by atoms with van der Waals surface area (Å²) in [4.78, 5) is 29.9. The van der Waals surface area contributed by atoms with Crippen LogP contribution in [0, 0.1) is 0 Å². The Morgan fingerprint density at radius 1 is 1.19 bits per heavy atom. The number of ketones is 1. The first kappa shape index (κ1) is 19.3. The minimum absolute atomic E-state index is 0.109. The van der Waals surface area contributed by atoms with Gasteiger partial charge in [0.15, 0.2) is 0 Å². The van der Waals surface area contributed by atoms with Crippen LogP contribution in [0.1, 0.15) is 29.0 Å². The zero-order valence-electron chi connectivity index (χ0n) is 15.8. The highest BCUT2D eigenvalue weighted by Crippen LogP contribution is 2.40. The lowest BCUT2D eigenvalue weighted by atomic mass is 9.99. The molecule has 5 nitrogen and oxygen atoms in total. The summed E-state index contributed by atoms with van der Waals surface area (Å²) in [6, 6.07) is 10.7. The zero-order chi connectivity index (χ0) is 19.6. The predicted octanol–water partition coefficient (Wildman–Crippen LogP) is 3.29. The Balaban J connectivity index is 2.07. The molecule has 0 bridgehead atoms. The van der Waals surface area contributed by atoms with Crippen molar-refractivity contribution in [2.75, 3.05) is 27.2 Å². The van der Waals surface area contributed by atoms with Crippen molar-refractivity contribution in [2.24, 2.45) is 0 Å². The van der Waals surface area contributed by atoms with Crippen molar-refractivity contribution in [1.29, 1.82) is 0 Å². The number of likely N-dealkylation sites (tertiary alicyclic amines) is 1. The standard InChI is InChI=1S/C21H24N2O3S/c1-4-14-7-9-15(10-8-14)19(24)17-18(16-6-5-13-27-16)23(12-11-22(2)3)21(26)20(17)25/h5-10,13,18,24H,4,11-12H2,1-3H3/b19-17-. The lowest BCUT2D eigenvalue weighted by Crippen LogP contribution is -2.35. The average Bonchev–Trinajstić information content (AvgIpc) is 3.27. The van der Waals surface area contributed by atoms with Crippen LogP contribution in [0.4, 0.5) is 0 Å². The molecule has 0 saturated carbocycles. The Morgan fingerprint density at radius 2 is 1.89 bits per heavy atom. The van der Waals surface area contributed by atoms with Gasteiger partial charge in [0.25, 0.3) is 11.7 Å². The fourth-order valence-corrected chi connectivity index (χ4v) is 4.06. The lowest BCUT2D eigenvalue weighted by molar-refractivity contribution is -0.140. The van der Waals surface area contributed by atoms with Crippen LogP contribution >= 0.6 is 11.3 Å². The highest BCUT2D eigenvalue weighted by Gasteiger charge is 2.46. The van der Waals surface area contributed by atoms with Gasteiger partial charge in [-0.25, -0.2) is 0 Å². The van der Waals surface area contributed by atoms with Crippen LogP contribution in [0.25, 0.3) is 5.76 Å². The first-order valence-corrected chi connectivity index (χ1v) is 9.87.